The second kappa shape index (κ2) is 6.10. The van der Waals surface area contributed by atoms with Crippen molar-refractivity contribution in [2.24, 2.45) is 0 Å². The Balaban J connectivity index is 2.49. The second-order valence-corrected chi connectivity index (χ2v) is 3.00. The van der Waals surface area contributed by atoms with Crippen LogP contribution in [0.15, 0.2) is 24.3 Å². The highest BCUT2D eigenvalue weighted by atomic mass is 16.5. The number of aryl methyl sites for hydroxylation is 1. The van der Waals surface area contributed by atoms with Gasteiger partial charge in [-0.1, -0.05) is 12.1 Å². The highest BCUT2D eigenvalue weighted by molar-refractivity contribution is 5.27. The van der Waals surface area contributed by atoms with Crippen molar-refractivity contribution in [3.05, 3.63) is 29.8 Å². The number of hydrogen-bond donors (Lipinski definition) is 0. The molecular weight excluding hydrogens is 172 g/mol. The zero-order valence-electron chi connectivity index (χ0n) is 8.84. The highest BCUT2D eigenvalue weighted by Crippen LogP contribution is 2.12. The SMILES string of the molecule is CC#CCCc1ccc(OCC)cc1. The van der Waals surface area contributed by atoms with E-state index < -0.39 is 0 Å². The smallest absolute Gasteiger partial charge is 0.119 e. The molecule has 0 aliphatic carbocycles. The molecule has 74 valence electrons. The number of rotatable bonds is 4. The third kappa shape index (κ3) is 3.53. The molecule has 0 N–H and O–H groups in total. The molecule has 0 aliphatic heterocycles. The number of hydrogen-bond acceptors (Lipinski definition) is 1. The summed E-state index contributed by atoms with van der Waals surface area (Å²) in [6, 6.07) is 8.22. The van der Waals surface area contributed by atoms with Crippen molar-refractivity contribution in [3.63, 3.8) is 0 Å². The first-order valence-corrected chi connectivity index (χ1v) is 4.98. The minimum atomic E-state index is 0.723. The van der Waals surface area contributed by atoms with Crippen LogP contribution >= 0.6 is 0 Å². The standard InChI is InChI=1S/C13H16O/c1-3-5-6-7-12-8-10-13(11-9-12)14-4-2/h8-11H,4,6-7H2,1-2H3. The molecule has 0 fully saturated rings. The van der Waals surface area contributed by atoms with E-state index in [2.05, 4.69) is 24.0 Å². The molecule has 1 nitrogen and oxygen atoms in total. The van der Waals surface area contributed by atoms with E-state index in [4.69, 9.17) is 4.74 Å². The van der Waals surface area contributed by atoms with Gasteiger partial charge in [-0.25, -0.2) is 0 Å². The summed E-state index contributed by atoms with van der Waals surface area (Å²) in [5.41, 5.74) is 1.32. The van der Waals surface area contributed by atoms with Crippen LogP contribution in [0.3, 0.4) is 0 Å². The maximum atomic E-state index is 5.36. The van der Waals surface area contributed by atoms with Gasteiger partial charge in [-0.3, -0.25) is 0 Å². The number of benzene rings is 1. The largest absolute Gasteiger partial charge is 0.494 e. The minimum absolute atomic E-state index is 0.723. The zero-order chi connectivity index (χ0) is 10.2. The molecule has 0 saturated carbocycles. The molecule has 1 heteroatoms. The van der Waals surface area contributed by atoms with Crippen molar-refractivity contribution in [1.29, 1.82) is 0 Å². The van der Waals surface area contributed by atoms with Crippen molar-refractivity contribution < 1.29 is 4.74 Å². The van der Waals surface area contributed by atoms with Gasteiger partial charge in [-0.05, 0) is 38.0 Å². The van der Waals surface area contributed by atoms with Gasteiger partial charge < -0.3 is 4.74 Å². The fraction of sp³-hybridized carbons (Fsp3) is 0.385. The van der Waals surface area contributed by atoms with E-state index in [1.165, 1.54) is 5.56 Å². The molecule has 0 radical (unpaired) electrons. The lowest BCUT2D eigenvalue weighted by atomic mass is 10.1. The van der Waals surface area contributed by atoms with Gasteiger partial charge in [-0.2, -0.15) is 0 Å². The molecule has 0 aromatic heterocycles. The average molecular weight is 188 g/mol. The lowest BCUT2D eigenvalue weighted by molar-refractivity contribution is 0.340. The molecule has 14 heavy (non-hydrogen) atoms. The van der Waals surface area contributed by atoms with Gasteiger partial charge in [0.05, 0.1) is 6.61 Å². The Morgan fingerprint density at radius 2 is 1.93 bits per heavy atom. The molecule has 1 aromatic carbocycles. The van der Waals surface area contributed by atoms with Gasteiger partial charge in [0.25, 0.3) is 0 Å². The third-order valence-corrected chi connectivity index (χ3v) is 1.95. The van der Waals surface area contributed by atoms with Crippen molar-refractivity contribution in [3.8, 4) is 17.6 Å². The Kier molecular flexibility index (Phi) is 4.64. The fourth-order valence-electron chi connectivity index (χ4n) is 1.25. The quantitative estimate of drug-likeness (QED) is 0.660. The molecule has 0 spiro atoms. The Morgan fingerprint density at radius 1 is 1.21 bits per heavy atom. The van der Waals surface area contributed by atoms with Crippen LogP contribution in [0, 0.1) is 11.8 Å². The van der Waals surface area contributed by atoms with Crippen molar-refractivity contribution in [2.75, 3.05) is 6.61 Å². The summed E-state index contributed by atoms with van der Waals surface area (Å²) >= 11 is 0. The van der Waals surface area contributed by atoms with Crippen molar-refractivity contribution >= 4 is 0 Å². The van der Waals surface area contributed by atoms with E-state index in [-0.39, 0.29) is 0 Å². The van der Waals surface area contributed by atoms with E-state index >= 15 is 0 Å². The first kappa shape index (κ1) is 10.7. The first-order valence-electron chi connectivity index (χ1n) is 4.98. The highest BCUT2D eigenvalue weighted by Gasteiger charge is 1.93. The monoisotopic (exact) mass is 188 g/mol. The minimum Gasteiger partial charge on any atom is -0.494 e. The maximum absolute atomic E-state index is 5.36. The van der Waals surface area contributed by atoms with Crippen LogP contribution in [-0.2, 0) is 6.42 Å². The van der Waals surface area contributed by atoms with Crippen LogP contribution in [0.2, 0.25) is 0 Å². The molecule has 0 amide bonds. The first-order chi connectivity index (χ1) is 6.86. The summed E-state index contributed by atoms with van der Waals surface area (Å²) in [6.45, 7) is 4.59. The van der Waals surface area contributed by atoms with Gasteiger partial charge in [0.1, 0.15) is 5.75 Å². The van der Waals surface area contributed by atoms with Crippen molar-refractivity contribution in [1.82, 2.24) is 0 Å². The Morgan fingerprint density at radius 3 is 2.50 bits per heavy atom. The Labute approximate surface area is 86.1 Å². The predicted octanol–water partition coefficient (Wildman–Crippen LogP) is 3.04. The lowest BCUT2D eigenvalue weighted by Gasteiger charge is -2.03. The molecule has 0 bridgehead atoms. The maximum Gasteiger partial charge on any atom is 0.119 e. The normalized spacial score (nSPS) is 9.00. The van der Waals surface area contributed by atoms with Gasteiger partial charge >= 0.3 is 0 Å². The molecule has 0 aliphatic rings. The van der Waals surface area contributed by atoms with Crippen LogP contribution in [0.25, 0.3) is 0 Å². The summed E-state index contributed by atoms with van der Waals surface area (Å²) < 4.78 is 5.36. The lowest BCUT2D eigenvalue weighted by Crippen LogP contribution is -1.91. The summed E-state index contributed by atoms with van der Waals surface area (Å²) in [7, 11) is 0. The summed E-state index contributed by atoms with van der Waals surface area (Å²) in [5.74, 6) is 6.89. The predicted molar refractivity (Wildman–Crippen MR) is 59.4 cm³/mol. The van der Waals surface area contributed by atoms with E-state index in [1.807, 2.05) is 26.0 Å². The van der Waals surface area contributed by atoms with Crippen LogP contribution < -0.4 is 4.74 Å². The Hall–Kier alpha value is -1.42. The Bertz CT molecular complexity index is 313. The molecule has 0 atom stereocenters. The molecule has 0 unspecified atom stereocenters. The van der Waals surface area contributed by atoms with Crippen LogP contribution in [0.5, 0.6) is 5.75 Å². The topological polar surface area (TPSA) is 9.23 Å². The van der Waals surface area contributed by atoms with E-state index in [0.717, 1.165) is 25.2 Å². The average Bonchev–Trinajstić information content (AvgIpc) is 2.21. The van der Waals surface area contributed by atoms with Gasteiger partial charge in [0.2, 0.25) is 0 Å². The zero-order valence-corrected chi connectivity index (χ0v) is 8.84. The summed E-state index contributed by atoms with van der Waals surface area (Å²) in [4.78, 5) is 0. The molecule has 1 rings (SSSR count). The van der Waals surface area contributed by atoms with Crippen LogP contribution in [0.4, 0.5) is 0 Å². The molecule has 1 aromatic rings. The van der Waals surface area contributed by atoms with Gasteiger partial charge in [0, 0.05) is 6.42 Å². The van der Waals surface area contributed by atoms with Crippen LogP contribution in [-0.4, -0.2) is 6.61 Å². The van der Waals surface area contributed by atoms with E-state index in [0.29, 0.717) is 0 Å². The van der Waals surface area contributed by atoms with E-state index in [1.54, 1.807) is 0 Å². The van der Waals surface area contributed by atoms with E-state index in [9.17, 15) is 0 Å². The van der Waals surface area contributed by atoms with Gasteiger partial charge in [-0.15, -0.1) is 11.8 Å². The van der Waals surface area contributed by atoms with Crippen LogP contribution in [0.1, 0.15) is 25.8 Å². The summed E-state index contributed by atoms with van der Waals surface area (Å²) in [5, 5.41) is 0. The molecular formula is C13H16O. The van der Waals surface area contributed by atoms with Gasteiger partial charge in [0.15, 0.2) is 0 Å². The second-order valence-electron chi connectivity index (χ2n) is 3.00. The third-order valence-electron chi connectivity index (χ3n) is 1.95. The summed E-state index contributed by atoms with van der Waals surface area (Å²) in [6.07, 6.45) is 1.96. The fourth-order valence-corrected chi connectivity index (χ4v) is 1.25. The molecule has 0 saturated heterocycles. The molecule has 0 heterocycles. The van der Waals surface area contributed by atoms with Crippen molar-refractivity contribution in [2.45, 2.75) is 26.7 Å². The number of ether oxygens (including phenoxy) is 1.